The minimum atomic E-state index is -0.631. The molecular formula is C10H11N3O2. The number of nitrogens with zero attached hydrogens (tertiary/aromatic N) is 1. The Bertz CT molecular complexity index is 442. The second kappa shape index (κ2) is 3.27. The predicted molar refractivity (Wildman–Crippen MR) is 55.4 cm³/mol. The number of benzene rings is 1. The molecule has 1 heterocycles. The van der Waals surface area contributed by atoms with Crippen LogP contribution in [0.1, 0.15) is 15.9 Å². The van der Waals surface area contributed by atoms with E-state index in [4.69, 9.17) is 5.73 Å². The number of carbonyl (C=O) groups excluding carboxylic acids is 2. The molecule has 0 aliphatic carbocycles. The van der Waals surface area contributed by atoms with Crippen molar-refractivity contribution in [2.45, 2.75) is 6.54 Å². The Hall–Kier alpha value is -2.04. The Morgan fingerprint density at radius 3 is 2.93 bits per heavy atom. The van der Waals surface area contributed by atoms with Gasteiger partial charge in [-0.2, -0.15) is 0 Å². The van der Waals surface area contributed by atoms with Crippen molar-refractivity contribution in [1.29, 1.82) is 0 Å². The van der Waals surface area contributed by atoms with E-state index in [1.807, 2.05) is 6.07 Å². The summed E-state index contributed by atoms with van der Waals surface area (Å²) >= 11 is 0. The quantitative estimate of drug-likeness (QED) is 0.710. The molecule has 15 heavy (non-hydrogen) atoms. The van der Waals surface area contributed by atoms with Crippen LogP contribution < -0.4 is 11.1 Å². The number of amides is 3. The molecule has 1 aliphatic heterocycles. The average molecular weight is 205 g/mol. The van der Waals surface area contributed by atoms with Gasteiger partial charge in [-0.25, -0.2) is 4.79 Å². The number of hydrogen-bond donors (Lipinski definition) is 2. The average Bonchev–Trinajstić information content (AvgIpc) is 2.43. The van der Waals surface area contributed by atoms with Gasteiger partial charge in [0.25, 0.3) is 5.91 Å². The van der Waals surface area contributed by atoms with Crippen molar-refractivity contribution >= 4 is 17.6 Å². The molecule has 1 aromatic rings. The maximum Gasteiger partial charge on any atom is 0.316 e. The van der Waals surface area contributed by atoms with E-state index in [2.05, 4.69) is 5.32 Å². The lowest BCUT2D eigenvalue weighted by molar-refractivity contribution is 0.0816. The highest BCUT2D eigenvalue weighted by Crippen LogP contribution is 2.24. The van der Waals surface area contributed by atoms with Crippen molar-refractivity contribution in [3.05, 3.63) is 29.3 Å². The van der Waals surface area contributed by atoms with E-state index < -0.39 is 6.03 Å². The molecule has 5 heteroatoms. The lowest BCUT2D eigenvalue weighted by atomic mass is 10.1. The van der Waals surface area contributed by atoms with Gasteiger partial charge in [0, 0.05) is 24.8 Å². The van der Waals surface area contributed by atoms with Crippen LogP contribution in [0.2, 0.25) is 0 Å². The van der Waals surface area contributed by atoms with E-state index in [1.165, 1.54) is 0 Å². The molecular weight excluding hydrogens is 194 g/mol. The van der Waals surface area contributed by atoms with Crippen molar-refractivity contribution in [3.8, 4) is 0 Å². The third kappa shape index (κ3) is 1.63. The molecule has 1 aliphatic rings. The molecule has 0 atom stereocenters. The number of nitrogens with one attached hydrogen (secondary N) is 1. The van der Waals surface area contributed by atoms with Gasteiger partial charge in [-0.05, 0) is 17.7 Å². The van der Waals surface area contributed by atoms with E-state index in [0.29, 0.717) is 17.8 Å². The van der Waals surface area contributed by atoms with E-state index in [9.17, 15) is 9.59 Å². The van der Waals surface area contributed by atoms with Crippen LogP contribution >= 0.6 is 0 Å². The van der Waals surface area contributed by atoms with Gasteiger partial charge in [-0.15, -0.1) is 0 Å². The number of nitrogens with two attached hydrogens (primary N) is 1. The van der Waals surface area contributed by atoms with E-state index >= 15 is 0 Å². The molecule has 0 aromatic heterocycles. The summed E-state index contributed by atoms with van der Waals surface area (Å²) < 4.78 is 0. The first-order chi connectivity index (χ1) is 7.08. The van der Waals surface area contributed by atoms with Gasteiger partial charge in [-0.1, -0.05) is 6.07 Å². The Labute approximate surface area is 86.9 Å². The lowest BCUT2D eigenvalue weighted by Gasteiger charge is -2.04. The van der Waals surface area contributed by atoms with Gasteiger partial charge >= 0.3 is 6.03 Å². The van der Waals surface area contributed by atoms with Crippen LogP contribution in [0, 0.1) is 0 Å². The highest BCUT2D eigenvalue weighted by molar-refractivity contribution is 6.00. The topological polar surface area (TPSA) is 75.4 Å². The molecule has 5 nitrogen and oxygen atoms in total. The van der Waals surface area contributed by atoms with E-state index in [1.54, 1.807) is 24.1 Å². The van der Waals surface area contributed by atoms with Crippen LogP contribution in [-0.2, 0) is 6.54 Å². The largest absolute Gasteiger partial charge is 0.351 e. The molecule has 78 valence electrons. The number of primary amides is 1. The minimum absolute atomic E-state index is 0.0295. The summed E-state index contributed by atoms with van der Waals surface area (Å²) in [6, 6.07) is 4.57. The smallest absolute Gasteiger partial charge is 0.316 e. The maximum atomic E-state index is 11.6. The summed E-state index contributed by atoms with van der Waals surface area (Å²) in [4.78, 5) is 23.9. The second-order valence-corrected chi connectivity index (χ2v) is 3.52. The summed E-state index contributed by atoms with van der Waals surface area (Å²) in [5, 5.41) is 2.44. The van der Waals surface area contributed by atoms with Gasteiger partial charge in [0.1, 0.15) is 0 Å². The number of urea groups is 1. The number of hydrogen-bond acceptors (Lipinski definition) is 2. The molecule has 0 radical (unpaired) electrons. The first-order valence-corrected chi connectivity index (χ1v) is 4.53. The monoisotopic (exact) mass is 205 g/mol. The molecule has 0 bridgehead atoms. The standard InChI is InChI=1S/C10H11N3O2/c1-13-5-6-2-3-7(12-10(11)15)4-8(6)9(13)14/h2-4H,5H2,1H3,(H3,11,12,15). The number of rotatable bonds is 1. The van der Waals surface area contributed by atoms with Crippen LogP contribution in [-0.4, -0.2) is 23.9 Å². The van der Waals surface area contributed by atoms with Crippen molar-refractivity contribution in [3.63, 3.8) is 0 Å². The molecule has 0 fully saturated rings. The predicted octanol–water partition coefficient (Wildman–Crippen LogP) is 0.763. The third-order valence-corrected chi connectivity index (χ3v) is 2.36. The van der Waals surface area contributed by atoms with Crippen LogP contribution in [0.15, 0.2) is 18.2 Å². The van der Waals surface area contributed by atoms with Crippen molar-refractivity contribution < 1.29 is 9.59 Å². The molecule has 3 N–H and O–H groups in total. The van der Waals surface area contributed by atoms with Crippen molar-refractivity contribution in [2.75, 3.05) is 12.4 Å². The Morgan fingerprint density at radius 1 is 1.53 bits per heavy atom. The zero-order valence-corrected chi connectivity index (χ0v) is 8.28. The second-order valence-electron chi connectivity index (χ2n) is 3.52. The van der Waals surface area contributed by atoms with Crippen LogP contribution in [0.3, 0.4) is 0 Å². The van der Waals surface area contributed by atoms with Crippen LogP contribution in [0.4, 0.5) is 10.5 Å². The van der Waals surface area contributed by atoms with Crippen LogP contribution in [0.25, 0.3) is 0 Å². The van der Waals surface area contributed by atoms with Gasteiger partial charge in [-0.3, -0.25) is 4.79 Å². The fourth-order valence-corrected chi connectivity index (χ4v) is 1.67. The Kier molecular flexibility index (Phi) is 2.07. The molecule has 0 spiro atoms. The molecule has 1 aromatic carbocycles. The summed E-state index contributed by atoms with van der Waals surface area (Å²) in [6.07, 6.45) is 0. The number of anilines is 1. The fourth-order valence-electron chi connectivity index (χ4n) is 1.67. The third-order valence-electron chi connectivity index (χ3n) is 2.36. The first-order valence-electron chi connectivity index (χ1n) is 4.53. The number of carbonyl (C=O) groups is 2. The highest BCUT2D eigenvalue weighted by atomic mass is 16.2. The Morgan fingerprint density at radius 2 is 2.27 bits per heavy atom. The number of fused-ring (bicyclic) bond motifs is 1. The molecule has 0 unspecified atom stereocenters. The lowest BCUT2D eigenvalue weighted by Crippen LogP contribution is -2.20. The van der Waals surface area contributed by atoms with E-state index in [-0.39, 0.29) is 5.91 Å². The van der Waals surface area contributed by atoms with Crippen LogP contribution in [0.5, 0.6) is 0 Å². The highest BCUT2D eigenvalue weighted by Gasteiger charge is 2.24. The fraction of sp³-hybridized carbons (Fsp3) is 0.200. The van der Waals surface area contributed by atoms with Crippen molar-refractivity contribution in [1.82, 2.24) is 4.90 Å². The summed E-state index contributed by atoms with van der Waals surface area (Å²) in [5.41, 5.74) is 7.13. The molecule has 0 saturated carbocycles. The SMILES string of the molecule is CN1Cc2ccc(NC(N)=O)cc2C1=O. The van der Waals surface area contributed by atoms with Gasteiger partial charge in [0.2, 0.25) is 0 Å². The minimum Gasteiger partial charge on any atom is -0.351 e. The summed E-state index contributed by atoms with van der Waals surface area (Å²) in [6.45, 7) is 0.616. The zero-order chi connectivity index (χ0) is 11.0. The Balaban J connectivity index is 2.35. The van der Waals surface area contributed by atoms with Crippen molar-refractivity contribution in [2.24, 2.45) is 5.73 Å². The normalized spacial score (nSPS) is 13.9. The summed E-state index contributed by atoms with van der Waals surface area (Å²) in [7, 11) is 1.74. The summed E-state index contributed by atoms with van der Waals surface area (Å²) in [5.74, 6) is -0.0295. The molecule has 2 rings (SSSR count). The van der Waals surface area contributed by atoms with Gasteiger partial charge in [0.15, 0.2) is 0 Å². The molecule has 3 amide bonds. The zero-order valence-electron chi connectivity index (χ0n) is 8.28. The van der Waals surface area contributed by atoms with Gasteiger partial charge in [0.05, 0.1) is 0 Å². The molecule has 0 saturated heterocycles. The van der Waals surface area contributed by atoms with Gasteiger partial charge < -0.3 is 16.0 Å². The first kappa shape index (κ1) is 9.51. The maximum absolute atomic E-state index is 11.6. The van der Waals surface area contributed by atoms with E-state index in [0.717, 1.165) is 5.56 Å².